The van der Waals surface area contributed by atoms with Crippen LogP contribution in [-0.2, 0) is 6.61 Å². The molecule has 130 valence electrons. The van der Waals surface area contributed by atoms with Crippen LogP contribution in [0.4, 0.5) is 0 Å². The summed E-state index contributed by atoms with van der Waals surface area (Å²) < 4.78 is 16.4. The average molecular weight is 365 g/mol. The fourth-order valence-electron chi connectivity index (χ4n) is 2.35. The SMILES string of the molecule is COc1csc(-c2nc(-c3cccc(OCc4cccnc4)c3)no2)c1. The normalized spacial score (nSPS) is 10.7. The summed E-state index contributed by atoms with van der Waals surface area (Å²) in [6, 6.07) is 13.3. The summed E-state index contributed by atoms with van der Waals surface area (Å²) in [5.74, 6) is 2.49. The van der Waals surface area contributed by atoms with Crippen LogP contribution in [-0.4, -0.2) is 22.2 Å². The molecule has 0 bridgehead atoms. The largest absolute Gasteiger partial charge is 0.496 e. The van der Waals surface area contributed by atoms with Crippen molar-refractivity contribution in [1.29, 1.82) is 0 Å². The Balaban J connectivity index is 1.51. The second-order valence-corrected chi connectivity index (χ2v) is 6.36. The Bertz CT molecular complexity index is 998. The van der Waals surface area contributed by atoms with E-state index in [0.29, 0.717) is 18.3 Å². The molecule has 0 amide bonds. The number of pyridine rings is 1. The van der Waals surface area contributed by atoms with Crippen LogP contribution in [0, 0.1) is 0 Å². The number of thiophene rings is 1. The molecule has 0 unspecified atom stereocenters. The van der Waals surface area contributed by atoms with Gasteiger partial charge in [-0.15, -0.1) is 11.3 Å². The van der Waals surface area contributed by atoms with Gasteiger partial charge in [-0.2, -0.15) is 4.98 Å². The number of hydrogen-bond donors (Lipinski definition) is 0. The first-order valence-corrected chi connectivity index (χ1v) is 8.78. The van der Waals surface area contributed by atoms with Gasteiger partial charge in [-0.25, -0.2) is 0 Å². The van der Waals surface area contributed by atoms with Gasteiger partial charge in [-0.1, -0.05) is 23.4 Å². The van der Waals surface area contributed by atoms with Gasteiger partial charge in [0.1, 0.15) is 18.1 Å². The molecule has 0 aliphatic rings. The molecule has 0 atom stereocenters. The van der Waals surface area contributed by atoms with Crippen LogP contribution in [0.1, 0.15) is 5.56 Å². The van der Waals surface area contributed by atoms with Gasteiger partial charge in [0.15, 0.2) is 0 Å². The predicted octanol–water partition coefficient (Wildman–Crippen LogP) is 4.45. The number of rotatable bonds is 6. The molecule has 0 saturated heterocycles. The monoisotopic (exact) mass is 365 g/mol. The maximum Gasteiger partial charge on any atom is 0.268 e. The highest BCUT2D eigenvalue weighted by Gasteiger charge is 2.13. The van der Waals surface area contributed by atoms with E-state index >= 15 is 0 Å². The van der Waals surface area contributed by atoms with Crippen molar-refractivity contribution in [3.05, 3.63) is 65.8 Å². The molecular weight excluding hydrogens is 350 g/mol. The quantitative estimate of drug-likeness (QED) is 0.503. The number of benzene rings is 1. The van der Waals surface area contributed by atoms with E-state index in [9.17, 15) is 0 Å². The predicted molar refractivity (Wildman–Crippen MR) is 98.2 cm³/mol. The van der Waals surface area contributed by atoms with Gasteiger partial charge in [0.2, 0.25) is 5.82 Å². The summed E-state index contributed by atoms with van der Waals surface area (Å²) >= 11 is 1.49. The van der Waals surface area contributed by atoms with E-state index in [1.807, 2.05) is 47.8 Å². The van der Waals surface area contributed by atoms with Gasteiger partial charge in [-0.05, 0) is 18.2 Å². The summed E-state index contributed by atoms with van der Waals surface area (Å²) in [5.41, 5.74) is 1.83. The smallest absolute Gasteiger partial charge is 0.268 e. The van der Waals surface area contributed by atoms with Crippen molar-refractivity contribution in [1.82, 2.24) is 15.1 Å². The fraction of sp³-hybridized carbons (Fsp3) is 0.105. The molecule has 6 nitrogen and oxygen atoms in total. The zero-order valence-corrected chi connectivity index (χ0v) is 14.8. The first-order chi connectivity index (χ1) is 12.8. The Hall–Kier alpha value is -3.19. The lowest BCUT2D eigenvalue weighted by Gasteiger charge is -2.06. The van der Waals surface area contributed by atoms with Crippen LogP contribution >= 0.6 is 11.3 Å². The van der Waals surface area contributed by atoms with Crippen molar-refractivity contribution < 1.29 is 14.0 Å². The molecule has 0 aliphatic heterocycles. The topological polar surface area (TPSA) is 70.3 Å². The van der Waals surface area contributed by atoms with Crippen molar-refractivity contribution >= 4 is 11.3 Å². The maximum absolute atomic E-state index is 5.82. The minimum atomic E-state index is 0.448. The van der Waals surface area contributed by atoms with Gasteiger partial charge in [0, 0.05) is 35.0 Å². The Kier molecular flexibility index (Phi) is 4.61. The van der Waals surface area contributed by atoms with E-state index in [4.69, 9.17) is 14.0 Å². The molecule has 0 aliphatic carbocycles. The molecule has 0 saturated carbocycles. The number of hydrogen-bond acceptors (Lipinski definition) is 7. The third-order valence-corrected chi connectivity index (χ3v) is 4.57. The molecule has 0 N–H and O–H groups in total. The second kappa shape index (κ2) is 7.37. The number of nitrogens with zero attached hydrogens (tertiary/aromatic N) is 3. The lowest BCUT2D eigenvalue weighted by Crippen LogP contribution is -1.95. The summed E-state index contributed by atoms with van der Waals surface area (Å²) in [6.07, 6.45) is 3.52. The lowest BCUT2D eigenvalue weighted by atomic mass is 10.2. The minimum absolute atomic E-state index is 0.448. The zero-order valence-electron chi connectivity index (χ0n) is 14.0. The van der Waals surface area contributed by atoms with Crippen LogP contribution in [0.15, 0.2) is 64.8 Å². The van der Waals surface area contributed by atoms with Crippen molar-refractivity contribution in [2.45, 2.75) is 6.61 Å². The summed E-state index contributed by atoms with van der Waals surface area (Å²) in [6.45, 7) is 0.448. The highest BCUT2D eigenvalue weighted by Crippen LogP contribution is 2.31. The van der Waals surface area contributed by atoms with Crippen molar-refractivity contribution in [3.8, 4) is 33.7 Å². The Morgan fingerprint density at radius 2 is 2.08 bits per heavy atom. The Labute approximate surface area is 154 Å². The highest BCUT2D eigenvalue weighted by molar-refractivity contribution is 7.13. The van der Waals surface area contributed by atoms with E-state index in [-0.39, 0.29) is 0 Å². The molecule has 3 heterocycles. The molecule has 0 spiro atoms. The van der Waals surface area contributed by atoms with Crippen molar-refractivity contribution in [2.24, 2.45) is 0 Å². The third kappa shape index (κ3) is 3.57. The van der Waals surface area contributed by atoms with Crippen LogP contribution < -0.4 is 9.47 Å². The number of aromatic nitrogens is 3. The fourth-order valence-corrected chi connectivity index (χ4v) is 3.13. The number of ether oxygens (including phenoxy) is 2. The lowest BCUT2D eigenvalue weighted by molar-refractivity contribution is 0.306. The van der Waals surface area contributed by atoms with Crippen molar-refractivity contribution in [3.63, 3.8) is 0 Å². The van der Waals surface area contributed by atoms with E-state index < -0.39 is 0 Å². The Morgan fingerprint density at radius 1 is 1.12 bits per heavy atom. The highest BCUT2D eigenvalue weighted by atomic mass is 32.1. The van der Waals surface area contributed by atoms with Crippen LogP contribution in [0.3, 0.4) is 0 Å². The third-order valence-electron chi connectivity index (χ3n) is 3.67. The van der Waals surface area contributed by atoms with E-state index in [1.54, 1.807) is 19.5 Å². The van der Waals surface area contributed by atoms with Gasteiger partial charge >= 0.3 is 0 Å². The van der Waals surface area contributed by atoms with Crippen LogP contribution in [0.5, 0.6) is 11.5 Å². The minimum Gasteiger partial charge on any atom is -0.496 e. The van der Waals surface area contributed by atoms with Crippen LogP contribution in [0.2, 0.25) is 0 Å². The van der Waals surface area contributed by atoms with Gasteiger partial charge < -0.3 is 14.0 Å². The van der Waals surface area contributed by atoms with E-state index in [1.165, 1.54) is 11.3 Å². The maximum atomic E-state index is 5.82. The molecule has 4 rings (SSSR count). The average Bonchev–Trinajstić information content (AvgIpc) is 3.37. The van der Waals surface area contributed by atoms with Crippen molar-refractivity contribution in [2.75, 3.05) is 7.11 Å². The van der Waals surface area contributed by atoms with Gasteiger partial charge in [0.05, 0.1) is 12.0 Å². The Morgan fingerprint density at radius 3 is 2.88 bits per heavy atom. The molecular formula is C19H15N3O3S. The van der Waals surface area contributed by atoms with E-state index in [0.717, 1.165) is 27.5 Å². The summed E-state index contributed by atoms with van der Waals surface area (Å²) in [5, 5.41) is 5.97. The number of methoxy groups -OCH3 is 1. The van der Waals surface area contributed by atoms with Gasteiger partial charge in [-0.3, -0.25) is 4.98 Å². The second-order valence-electron chi connectivity index (χ2n) is 5.45. The standard InChI is InChI=1S/C19H15N3O3S/c1-23-16-9-17(26-12-16)19-21-18(22-25-19)14-5-2-6-15(8-14)24-11-13-4-3-7-20-10-13/h2-10,12H,11H2,1H3. The molecule has 1 aromatic carbocycles. The first-order valence-electron chi connectivity index (χ1n) is 7.90. The van der Waals surface area contributed by atoms with Gasteiger partial charge in [0.25, 0.3) is 5.89 Å². The molecule has 3 aromatic heterocycles. The molecule has 0 fully saturated rings. The molecule has 26 heavy (non-hydrogen) atoms. The zero-order chi connectivity index (χ0) is 17.8. The summed E-state index contributed by atoms with van der Waals surface area (Å²) in [4.78, 5) is 9.42. The molecule has 0 radical (unpaired) electrons. The molecule has 7 heteroatoms. The van der Waals surface area contributed by atoms with Crippen LogP contribution in [0.25, 0.3) is 22.2 Å². The first kappa shape index (κ1) is 16.3. The molecule has 4 aromatic rings. The summed E-state index contributed by atoms with van der Waals surface area (Å²) in [7, 11) is 1.63. The van der Waals surface area contributed by atoms with E-state index in [2.05, 4.69) is 15.1 Å².